The number of benzene rings is 3. The molecule has 26 heavy (non-hydrogen) atoms. The van der Waals surface area contributed by atoms with Crippen LogP contribution in [0.1, 0.15) is 5.56 Å². The highest BCUT2D eigenvalue weighted by molar-refractivity contribution is 6.34. The van der Waals surface area contributed by atoms with Crippen molar-refractivity contribution in [1.82, 2.24) is 10.2 Å². The number of anilines is 1. The summed E-state index contributed by atoms with van der Waals surface area (Å²) in [6.45, 7) is 0.653. The zero-order chi connectivity index (χ0) is 17.9. The van der Waals surface area contributed by atoms with Crippen LogP contribution in [-0.2, 0) is 6.54 Å². The maximum Gasteiger partial charge on any atom is 0.156 e. The van der Waals surface area contributed by atoms with Crippen molar-refractivity contribution in [3.63, 3.8) is 0 Å². The lowest BCUT2D eigenvalue weighted by atomic mass is 10.0. The molecule has 0 aliphatic carbocycles. The number of hydrogen-bond donors (Lipinski definition) is 2. The first kappa shape index (κ1) is 16.5. The SMILES string of the molecule is COc1cccc(CNc2n[nH]c3cc(Cl)c(-c4ccccc4)cc23)c1. The molecule has 2 N–H and O–H groups in total. The van der Waals surface area contributed by atoms with Gasteiger partial charge in [0.2, 0.25) is 0 Å². The van der Waals surface area contributed by atoms with Crippen molar-refractivity contribution < 1.29 is 4.74 Å². The minimum Gasteiger partial charge on any atom is -0.497 e. The van der Waals surface area contributed by atoms with Gasteiger partial charge in [0.1, 0.15) is 5.75 Å². The van der Waals surface area contributed by atoms with Crippen LogP contribution in [0.3, 0.4) is 0 Å². The van der Waals surface area contributed by atoms with Crippen LogP contribution in [0, 0.1) is 0 Å². The highest BCUT2D eigenvalue weighted by Gasteiger charge is 2.11. The number of nitrogens with one attached hydrogen (secondary N) is 2. The van der Waals surface area contributed by atoms with Gasteiger partial charge in [0, 0.05) is 17.5 Å². The van der Waals surface area contributed by atoms with Crippen LogP contribution < -0.4 is 10.1 Å². The van der Waals surface area contributed by atoms with Gasteiger partial charge in [-0.2, -0.15) is 5.10 Å². The molecular formula is C21H18ClN3O. The first-order valence-electron chi connectivity index (χ1n) is 8.34. The minimum atomic E-state index is 0.653. The van der Waals surface area contributed by atoms with Crippen molar-refractivity contribution in [1.29, 1.82) is 0 Å². The van der Waals surface area contributed by atoms with Gasteiger partial charge in [-0.3, -0.25) is 5.10 Å². The predicted molar refractivity (Wildman–Crippen MR) is 107 cm³/mol. The number of methoxy groups -OCH3 is 1. The number of aromatic nitrogens is 2. The fourth-order valence-corrected chi connectivity index (χ4v) is 3.25. The number of nitrogens with zero attached hydrogens (tertiary/aromatic N) is 1. The molecule has 0 amide bonds. The Bertz CT molecular complexity index is 1040. The molecule has 0 fully saturated rings. The Morgan fingerprint density at radius 1 is 1.04 bits per heavy atom. The maximum atomic E-state index is 6.47. The third-order valence-corrected chi connectivity index (χ3v) is 4.64. The number of H-pyrrole nitrogens is 1. The second kappa shape index (κ2) is 7.10. The molecule has 0 saturated carbocycles. The molecule has 0 aliphatic rings. The van der Waals surface area contributed by atoms with Gasteiger partial charge in [0.25, 0.3) is 0 Å². The summed E-state index contributed by atoms with van der Waals surface area (Å²) in [5.74, 6) is 1.64. The van der Waals surface area contributed by atoms with E-state index in [9.17, 15) is 0 Å². The fraction of sp³-hybridized carbons (Fsp3) is 0.0952. The predicted octanol–water partition coefficient (Wildman–Crippen LogP) is 5.50. The number of rotatable bonds is 5. The van der Waals surface area contributed by atoms with Gasteiger partial charge in [-0.05, 0) is 35.4 Å². The van der Waals surface area contributed by atoms with E-state index in [1.807, 2.05) is 42.5 Å². The van der Waals surface area contributed by atoms with E-state index in [2.05, 4.69) is 39.8 Å². The molecule has 4 nitrogen and oxygen atoms in total. The molecule has 0 spiro atoms. The first-order valence-corrected chi connectivity index (χ1v) is 8.72. The van der Waals surface area contributed by atoms with Crippen LogP contribution in [-0.4, -0.2) is 17.3 Å². The molecule has 1 heterocycles. The van der Waals surface area contributed by atoms with Crippen LogP contribution in [0.5, 0.6) is 5.75 Å². The maximum absolute atomic E-state index is 6.47. The lowest BCUT2D eigenvalue weighted by molar-refractivity contribution is 0.414. The lowest BCUT2D eigenvalue weighted by Crippen LogP contribution is -2.00. The second-order valence-corrected chi connectivity index (χ2v) is 6.43. The average molecular weight is 364 g/mol. The third kappa shape index (κ3) is 3.24. The van der Waals surface area contributed by atoms with Gasteiger partial charge in [0.05, 0.1) is 17.6 Å². The summed E-state index contributed by atoms with van der Waals surface area (Å²) in [6.07, 6.45) is 0. The zero-order valence-corrected chi connectivity index (χ0v) is 15.0. The van der Waals surface area contributed by atoms with E-state index >= 15 is 0 Å². The van der Waals surface area contributed by atoms with Crippen LogP contribution in [0.25, 0.3) is 22.0 Å². The smallest absolute Gasteiger partial charge is 0.156 e. The molecule has 0 unspecified atom stereocenters. The Balaban J connectivity index is 1.65. The number of fused-ring (bicyclic) bond motifs is 1. The molecule has 0 aliphatic heterocycles. The van der Waals surface area contributed by atoms with E-state index in [0.717, 1.165) is 39.2 Å². The van der Waals surface area contributed by atoms with Gasteiger partial charge in [-0.1, -0.05) is 54.1 Å². The van der Waals surface area contributed by atoms with E-state index in [4.69, 9.17) is 16.3 Å². The van der Waals surface area contributed by atoms with Crippen molar-refractivity contribution in [3.8, 4) is 16.9 Å². The summed E-state index contributed by atoms with van der Waals surface area (Å²) >= 11 is 6.47. The molecule has 1 aromatic heterocycles. The molecule has 0 bridgehead atoms. The van der Waals surface area contributed by atoms with E-state index in [1.54, 1.807) is 7.11 Å². The standard InChI is InChI=1S/C21H18ClN3O/c1-26-16-9-5-6-14(10-16)13-23-21-18-11-17(15-7-3-2-4-8-15)19(22)12-20(18)24-25-21/h2-12H,13H2,1H3,(H2,23,24,25). The molecule has 5 heteroatoms. The summed E-state index contributed by atoms with van der Waals surface area (Å²) < 4.78 is 5.28. The number of halogens is 1. The van der Waals surface area contributed by atoms with E-state index in [0.29, 0.717) is 11.6 Å². The fourth-order valence-electron chi connectivity index (χ4n) is 2.98. The molecule has 4 rings (SSSR count). The van der Waals surface area contributed by atoms with Gasteiger partial charge in [-0.15, -0.1) is 0 Å². The molecule has 3 aromatic carbocycles. The molecule has 4 aromatic rings. The molecule has 130 valence electrons. The quantitative estimate of drug-likeness (QED) is 0.492. The van der Waals surface area contributed by atoms with Crippen LogP contribution in [0.15, 0.2) is 66.7 Å². The van der Waals surface area contributed by atoms with Gasteiger partial charge < -0.3 is 10.1 Å². The summed E-state index contributed by atoms with van der Waals surface area (Å²) in [6, 6.07) is 22.1. The number of aromatic amines is 1. The van der Waals surface area contributed by atoms with E-state index in [-0.39, 0.29) is 0 Å². The summed E-state index contributed by atoms with van der Waals surface area (Å²) in [5.41, 5.74) is 4.10. The highest BCUT2D eigenvalue weighted by Crippen LogP contribution is 2.34. The lowest BCUT2D eigenvalue weighted by Gasteiger charge is -2.08. The second-order valence-electron chi connectivity index (χ2n) is 6.02. The highest BCUT2D eigenvalue weighted by atomic mass is 35.5. The summed E-state index contributed by atoms with van der Waals surface area (Å²) in [5, 5.41) is 12.6. The Morgan fingerprint density at radius 3 is 2.69 bits per heavy atom. The minimum absolute atomic E-state index is 0.653. The molecular weight excluding hydrogens is 346 g/mol. The van der Waals surface area contributed by atoms with Gasteiger partial charge in [0.15, 0.2) is 5.82 Å². The van der Waals surface area contributed by atoms with Crippen LogP contribution in [0.4, 0.5) is 5.82 Å². The van der Waals surface area contributed by atoms with Crippen molar-refractivity contribution in [2.45, 2.75) is 6.54 Å². The number of ether oxygens (including phenoxy) is 1. The van der Waals surface area contributed by atoms with Gasteiger partial charge in [-0.25, -0.2) is 0 Å². The Morgan fingerprint density at radius 2 is 1.88 bits per heavy atom. The van der Waals surface area contributed by atoms with Crippen LogP contribution >= 0.6 is 11.6 Å². The van der Waals surface area contributed by atoms with Crippen molar-refractivity contribution in [2.75, 3.05) is 12.4 Å². The van der Waals surface area contributed by atoms with Crippen molar-refractivity contribution in [3.05, 3.63) is 77.3 Å². The largest absolute Gasteiger partial charge is 0.497 e. The monoisotopic (exact) mass is 363 g/mol. The van der Waals surface area contributed by atoms with Crippen LogP contribution in [0.2, 0.25) is 5.02 Å². The van der Waals surface area contributed by atoms with Crippen molar-refractivity contribution >= 4 is 28.3 Å². The zero-order valence-electron chi connectivity index (χ0n) is 14.3. The topological polar surface area (TPSA) is 49.9 Å². The van der Waals surface area contributed by atoms with E-state index < -0.39 is 0 Å². The summed E-state index contributed by atoms with van der Waals surface area (Å²) in [4.78, 5) is 0. The van der Waals surface area contributed by atoms with E-state index in [1.165, 1.54) is 0 Å². The Hall–Kier alpha value is -2.98. The molecule has 0 saturated heterocycles. The average Bonchev–Trinajstić information content (AvgIpc) is 3.08. The molecule has 0 atom stereocenters. The molecule has 0 radical (unpaired) electrons. The normalized spacial score (nSPS) is 10.8. The number of hydrogen-bond acceptors (Lipinski definition) is 3. The van der Waals surface area contributed by atoms with Gasteiger partial charge >= 0.3 is 0 Å². The Labute approximate surface area is 156 Å². The Kier molecular flexibility index (Phi) is 4.50. The first-order chi connectivity index (χ1) is 12.7. The summed E-state index contributed by atoms with van der Waals surface area (Å²) in [7, 11) is 1.67. The van der Waals surface area contributed by atoms with Crippen molar-refractivity contribution in [2.24, 2.45) is 0 Å². The third-order valence-electron chi connectivity index (χ3n) is 4.33.